The summed E-state index contributed by atoms with van der Waals surface area (Å²) in [5, 5.41) is 4.08. The lowest BCUT2D eigenvalue weighted by molar-refractivity contribution is -0.151. The maximum absolute atomic E-state index is 12.4. The first-order chi connectivity index (χ1) is 13.7. The van der Waals surface area contributed by atoms with Crippen LogP contribution in [0.3, 0.4) is 0 Å². The molecule has 2 amide bonds. The van der Waals surface area contributed by atoms with Crippen LogP contribution in [0.1, 0.15) is 6.42 Å². The number of sulfonamides is 1. The zero-order valence-electron chi connectivity index (χ0n) is 16.2. The van der Waals surface area contributed by atoms with E-state index in [1.54, 1.807) is 12.1 Å². The number of hydrogen-bond acceptors (Lipinski definition) is 6. The summed E-state index contributed by atoms with van der Waals surface area (Å²) in [7, 11) is -0.936. The number of likely N-dealkylation sites (N-methyl/N-ethyl adjacent to an activating group) is 2. The summed E-state index contributed by atoms with van der Waals surface area (Å²) in [6, 6.07) is 12.1. The van der Waals surface area contributed by atoms with Crippen LogP contribution in [0.5, 0.6) is 0 Å². The molecule has 0 heterocycles. The van der Waals surface area contributed by atoms with Crippen molar-refractivity contribution in [3.63, 3.8) is 0 Å². The molecule has 10 heteroatoms. The van der Waals surface area contributed by atoms with Crippen molar-refractivity contribution in [2.45, 2.75) is 11.3 Å². The van der Waals surface area contributed by atoms with Gasteiger partial charge < -0.3 is 15.0 Å². The Hall–Kier alpha value is -2.98. The van der Waals surface area contributed by atoms with Gasteiger partial charge >= 0.3 is 5.97 Å². The van der Waals surface area contributed by atoms with Crippen molar-refractivity contribution in [1.82, 2.24) is 14.9 Å². The predicted molar refractivity (Wildman–Crippen MR) is 106 cm³/mol. The van der Waals surface area contributed by atoms with E-state index in [0.717, 1.165) is 15.7 Å². The molecule has 156 valence electrons. The highest BCUT2D eigenvalue weighted by atomic mass is 32.2. The van der Waals surface area contributed by atoms with E-state index >= 15 is 0 Å². The Bertz CT molecular complexity index is 1010. The zero-order chi connectivity index (χ0) is 21.4. The van der Waals surface area contributed by atoms with E-state index in [-0.39, 0.29) is 30.3 Å². The molecule has 0 saturated carbocycles. The number of nitrogens with zero attached hydrogens (tertiary/aromatic N) is 1. The number of esters is 1. The molecule has 2 N–H and O–H groups in total. The van der Waals surface area contributed by atoms with Crippen LogP contribution in [0.25, 0.3) is 10.8 Å². The molecular formula is C19H23N3O6S. The summed E-state index contributed by atoms with van der Waals surface area (Å²) >= 11 is 0. The van der Waals surface area contributed by atoms with E-state index in [4.69, 9.17) is 4.74 Å². The lowest BCUT2D eigenvalue weighted by atomic mass is 10.1. The quantitative estimate of drug-likeness (QED) is 0.560. The Labute approximate surface area is 169 Å². The highest BCUT2D eigenvalue weighted by Crippen LogP contribution is 2.18. The fourth-order valence-electron chi connectivity index (χ4n) is 2.41. The SMILES string of the molecule is CNC(=O)CN(C)C(=O)COC(=O)CCNS(=O)(=O)c1ccc2ccccc2c1. The lowest BCUT2D eigenvalue weighted by Crippen LogP contribution is -2.39. The van der Waals surface area contributed by atoms with Gasteiger partial charge in [0.25, 0.3) is 5.91 Å². The summed E-state index contributed by atoms with van der Waals surface area (Å²) < 4.78 is 31.9. The fourth-order valence-corrected chi connectivity index (χ4v) is 3.48. The number of rotatable bonds is 9. The normalized spacial score (nSPS) is 11.1. The molecule has 0 fully saturated rings. The van der Waals surface area contributed by atoms with Gasteiger partial charge in [-0.05, 0) is 22.9 Å². The molecule has 29 heavy (non-hydrogen) atoms. The second-order valence-electron chi connectivity index (χ2n) is 6.24. The number of carbonyl (C=O) groups is 3. The molecule has 0 aliphatic heterocycles. The molecule has 0 aliphatic carbocycles. The van der Waals surface area contributed by atoms with E-state index in [0.29, 0.717) is 0 Å². The van der Waals surface area contributed by atoms with Crippen LogP contribution in [0.2, 0.25) is 0 Å². The number of amides is 2. The Balaban J connectivity index is 1.81. The maximum atomic E-state index is 12.4. The number of benzene rings is 2. The number of fused-ring (bicyclic) bond motifs is 1. The molecule has 0 aromatic heterocycles. The molecule has 2 aromatic rings. The van der Waals surface area contributed by atoms with E-state index < -0.39 is 28.5 Å². The van der Waals surface area contributed by atoms with Crippen molar-refractivity contribution in [3.05, 3.63) is 42.5 Å². The molecule has 0 spiro atoms. The van der Waals surface area contributed by atoms with Gasteiger partial charge in [0, 0.05) is 20.6 Å². The first kappa shape index (κ1) is 22.3. The van der Waals surface area contributed by atoms with Crippen molar-refractivity contribution in [3.8, 4) is 0 Å². The zero-order valence-corrected chi connectivity index (χ0v) is 17.0. The van der Waals surface area contributed by atoms with Crippen molar-refractivity contribution >= 4 is 38.6 Å². The number of ether oxygens (including phenoxy) is 1. The van der Waals surface area contributed by atoms with Crippen molar-refractivity contribution in [1.29, 1.82) is 0 Å². The molecule has 0 saturated heterocycles. The van der Waals surface area contributed by atoms with Crippen molar-refractivity contribution < 1.29 is 27.5 Å². The van der Waals surface area contributed by atoms with E-state index in [1.807, 2.05) is 24.3 Å². The molecule has 9 nitrogen and oxygen atoms in total. The first-order valence-corrected chi connectivity index (χ1v) is 10.3. The van der Waals surface area contributed by atoms with Gasteiger partial charge in [-0.2, -0.15) is 0 Å². The Kier molecular flexibility index (Phi) is 7.68. The fraction of sp³-hybridized carbons (Fsp3) is 0.316. The van der Waals surface area contributed by atoms with Crippen LogP contribution in [0, 0.1) is 0 Å². The second kappa shape index (κ2) is 9.99. The van der Waals surface area contributed by atoms with E-state index in [2.05, 4.69) is 10.0 Å². The van der Waals surface area contributed by atoms with Gasteiger partial charge in [0.15, 0.2) is 6.61 Å². The Morgan fingerprint density at radius 2 is 1.76 bits per heavy atom. The van der Waals surface area contributed by atoms with Crippen LogP contribution in [-0.4, -0.2) is 64.9 Å². The van der Waals surface area contributed by atoms with Gasteiger partial charge in [-0.25, -0.2) is 13.1 Å². The van der Waals surface area contributed by atoms with Gasteiger partial charge in [-0.15, -0.1) is 0 Å². The number of carbonyl (C=O) groups excluding carboxylic acids is 3. The van der Waals surface area contributed by atoms with E-state index in [1.165, 1.54) is 20.2 Å². The molecule has 0 atom stereocenters. The van der Waals surface area contributed by atoms with Crippen LogP contribution < -0.4 is 10.0 Å². The first-order valence-electron chi connectivity index (χ1n) is 8.81. The number of hydrogen-bond donors (Lipinski definition) is 2. The van der Waals surface area contributed by atoms with Gasteiger partial charge in [0.2, 0.25) is 15.9 Å². The standard InChI is InChI=1S/C19H23N3O6S/c1-20-17(23)12-22(2)18(24)13-28-19(25)9-10-21-29(26,27)16-8-7-14-5-3-4-6-15(14)11-16/h3-8,11,21H,9-10,12-13H2,1-2H3,(H,20,23). The summed E-state index contributed by atoms with van der Waals surface area (Å²) in [6.07, 6.45) is -0.237. The third-order valence-corrected chi connectivity index (χ3v) is 5.55. The molecular weight excluding hydrogens is 398 g/mol. The largest absolute Gasteiger partial charge is 0.456 e. The van der Waals surface area contributed by atoms with Crippen LogP contribution >= 0.6 is 0 Å². The van der Waals surface area contributed by atoms with Crippen molar-refractivity contribution in [2.75, 3.05) is 33.8 Å². The lowest BCUT2D eigenvalue weighted by Gasteiger charge is -2.15. The minimum absolute atomic E-state index is 0.0931. The predicted octanol–water partition coefficient (Wildman–Crippen LogP) is 0.256. The third-order valence-electron chi connectivity index (χ3n) is 4.09. The Morgan fingerprint density at radius 1 is 1.07 bits per heavy atom. The van der Waals surface area contributed by atoms with Gasteiger partial charge in [-0.1, -0.05) is 30.3 Å². The summed E-state index contributed by atoms with van der Waals surface area (Å²) in [5.74, 6) is -1.62. The van der Waals surface area contributed by atoms with Gasteiger partial charge in [0.05, 0.1) is 17.9 Å². The monoisotopic (exact) mass is 421 g/mol. The molecule has 0 unspecified atom stereocenters. The molecule has 0 bridgehead atoms. The highest BCUT2D eigenvalue weighted by Gasteiger charge is 2.17. The smallest absolute Gasteiger partial charge is 0.307 e. The van der Waals surface area contributed by atoms with Gasteiger partial charge in [0.1, 0.15) is 0 Å². The topological polar surface area (TPSA) is 122 Å². The summed E-state index contributed by atoms with van der Waals surface area (Å²) in [4.78, 5) is 35.9. The third kappa shape index (κ3) is 6.54. The minimum Gasteiger partial charge on any atom is -0.456 e. The average molecular weight is 421 g/mol. The molecule has 2 aromatic carbocycles. The molecule has 2 rings (SSSR count). The average Bonchev–Trinajstić information content (AvgIpc) is 2.71. The molecule has 0 radical (unpaired) electrons. The van der Waals surface area contributed by atoms with Gasteiger partial charge in [-0.3, -0.25) is 14.4 Å². The van der Waals surface area contributed by atoms with Crippen LogP contribution in [0.4, 0.5) is 0 Å². The summed E-state index contributed by atoms with van der Waals surface area (Å²) in [5.41, 5.74) is 0. The van der Waals surface area contributed by atoms with Crippen LogP contribution in [0.15, 0.2) is 47.4 Å². The minimum atomic E-state index is -3.79. The molecule has 0 aliphatic rings. The second-order valence-corrected chi connectivity index (χ2v) is 8.01. The highest BCUT2D eigenvalue weighted by molar-refractivity contribution is 7.89. The Morgan fingerprint density at radius 3 is 2.45 bits per heavy atom. The summed E-state index contributed by atoms with van der Waals surface area (Å²) in [6.45, 7) is -0.849. The van der Waals surface area contributed by atoms with Crippen molar-refractivity contribution in [2.24, 2.45) is 0 Å². The number of nitrogens with one attached hydrogen (secondary N) is 2. The van der Waals surface area contributed by atoms with E-state index in [9.17, 15) is 22.8 Å². The van der Waals surface area contributed by atoms with Crippen LogP contribution in [-0.2, 0) is 29.1 Å². The maximum Gasteiger partial charge on any atom is 0.307 e.